The minimum absolute atomic E-state index is 0.0821. The van der Waals surface area contributed by atoms with E-state index in [0.29, 0.717) is 5.75 Å². The summed E-state index contributed by atoms with van der Waals surface area (Å²) in [5.74, 6) is 0.455. The van der Waals surface area contributed by atoms with Crippen molar-refractivity contribution in [3.63, 3.8) is 0 Å². The number of aromatic nitrogens is 1. The molecule has 0 atom stereocenters. The molecule has 0 amide bonds. The number of aromatic hydroxyl groups is 1. The van der Waals surface area contributed by atoms with Gasteiger partial charge < -0.3 is 9.67 Å². The molecule has 3 heteroatoms. The Balaban J connectivity index is 2.53. The zero-order valence-corrected chi connectivity index (χ0v) is 17.1. The number of phenolic OH excluding ortho intramolecular Hbond substituents is 1. The molecule has 0 aliphatic carbocycles. The first-order valence-corrected chi connectivity index (χ1v) is 9.72. The topological polar surface area (TPSA) is 25.2 Å². The van der Waals surface area contributed by atoms with Gasteiger partial charge in [0, 0.05) is 13.2 Å². The molecule has 1 heterocycles. The first-order chi connectivity index (χ1) is 10.9. The summed E-state index contributed by atoms with van der Waals surface area (Å²) in [5.41, 5.74) is 4.48. The maximum absolute atomic E-state index is 10.8. The summed E-state index contributed by atoms with van der Waals surface area (Å²) in [4.78, 5) is 0. The van der Waals surface area contributed by atoms with E-state index in [1.165, 1.54) is 16.2 Å². The normalized spacial score (nSPS) is 12.7. The molecule has 1 aromatic carbocycles. The Morgan fingerprint density at radius 3 is 1.79 bits per heavy atom. The van der Waals surface area contributed by atoms with Crippen molar-refractivity contribution in [2.24, 2.45) is 7.05 Å². The third kappa shape index (κ3) is 4.00. The standard InChI is InChI=1S/C21H31NOS/c1-20(2,3)16-10-14(11-17(19(16)23)21(4,5)6)9-15-12-18(24-8)22(7)13-15/h10-13,23H,9H2,1-8H3. The minimum atomic E-state index is -0.0821. The highest BCUT2D eigenvalue weighted by Gasteiger charge is 2.26. The zero-order valence-electron chi connectivity index (χ0n) is 16.3. The van der Waals surface area contributed by atoms with Crippen LogP contribution in [-0.4, -0.2) is 15.9 Å². The Labute approximate surface area is 151 Å². The molecule has 1 aromatic heterocycles. The van der Waals surface area contributed by atoms with E-state index in [-0.39, 0.29) is 10.8 Å². The molecule has 24 heavy (non-hydrogen) atoms. The van der Waals surface area contributed by atoms with Gasteiger partial charge in [-0.1, -0.05) is 53.7 Å². The van der Waals surface area contributed by atoms with Crippen LogP contribution in [0.5, 0.6) is 5.75 Å². The maximum atomic E-state index is 10.8. The lowest BCUT2D eigenvalue weighted by molar-refractivity contribution is 0.423. The van der Waals surface area contributed by atoms with Crippen LogP contribution >= 0.6 is 11.8 Å². The third-order valence-electron chi connectivity index (χ3n) is 4.42. The molecule has 0 saturated carbocycles. The highest BCUT2D eigenvalue weighted by atomic mass is 32.2. The van der Waals surface area contributed by atoms with Crippen molar-refractivity contribution in [1.82, 2.24) is 4.57 Å². The molecular weight excluding hydrogens is 314 g/mol. The van der Waals surface area contributed by atoms with E-state index in [4.69, 9.17) is 0 Å². The summed E-state index contributed by atoms with van der Waals surface area (Å²) in [6.07, 6.45) is 5.20. The summed E-state index contributed by atoms with van der Waals surface area (Å²) in [5, 5.41) is 12.1. The van der Waals surface area contributed by atoms with Crippen LogP contribution in [0.15, 0.2) is 29.4 Å². The molecule has 2 rings (SSSR count). The predicted octanol–water partition coefficient (Wildman–Crippen LogP) is 5.64. The maximum Gasteiger partial charge on any atom is 0.123 e. The molecule has 0 radical (unpaired) electrons. The van der Waals surface area contributed by atoms with Crippen molar-refractivity contribution in [3.8, 4) is 5.75 Å². The van der Waals surface area contributed by atoms with E-state index in [2.05, 4.69) is 83.8 Å². The summed E-state index contributed by atoms with van der Waals surface area (Å²) >= 11 is 1.77. The molecule has 2 nitrogen and oxygen atoms in total. The SMILES string of the molecule is CSc1cc(Cc2cc(C(C)(C)C)c(O)c(C(C)(C)C)c2)cn1C. The van der Waals surface area contributed by atoms with Crippen LogP contribution in [0.2, 0.25) is 0 Å². The van der Waals surface area contributed by atoms with Crippen molar-refractivity contribution in [2.75, 3.05) is 6.26 Å². The van der Waals surface area contributed by atoms with E-state index in [1.54, 1.807) is 11.8 Å². The number of thioether (sulfide) groups is 1. The molecular formula is C21H31NOS. The summed E-state index contributed by atoms with van der Waals surface area (Å²) in [7, 11) is 2.09. The van der Waals surface area contributed by atoms with E-state index in [1.807, 2.05) is 0 Å². The van der Waals surface area contributed by atoms with Crippen molar-refractivity contribution in [1.29, 1.82) is 0 Å². The minimum Gasteiger partial charge on any atom is -0.507 e. The molecule has 0 saturated heterocycles. The fourth-order valence-corrected chi connectivity index (χ4v) is 3.69. The number of nitrogens with zero attached hydrogens (tertiary/aromatic N) is 1. The van der Waals surface area contributed by atoms with Gasteiger partial charge in [-0.05, 0) is 51.8 Å². The quantitative estimate of drug-likeness (QED) is 0.728. The Hall–Kier alpha value is -1.35. The van der Waals surface area contributed by atoms with Crippen molar-refractivity contribution in [3.05, 3.63) is 46.6 Å². The number of rotatable bonds is 3. The molecule has 0 bridgehead atoms. The average Bonchev–Trinajstić information content (AvgIpc) is 2.78. The summed E-state index contributed by atoms with van der Waals surface area (Å²) in [6.45, 7) is 13.0. The number of hydrogen-bond donors (Lipinski definition) is 1. The second-order valence-electron chi connectivity index (χ2n) is 8.72. The van der Waals surface area contributed by atoms with Crippen molar-refractivity contribution in [2.45, 2.75) is 63.8 Å². The lowest BCUT2D eigenvalue weighted by Gasteiger charge is -2.28. The molecule has 132 valence electrons. The molecule has 0 fully saturated rings. The first-order valence-electron chi connectivity index (χ1n) is 8.49. The summed E-state index contributed by atoms with van der Waals surface area (Å²) < 4.78 is 2.18. The van der Waals surface area contributed by atoms with Crippen molar-refractivity contribution < 1.29 is 5.11 Å². The Morgan fingerprint density at radius 1 is 0.917 bits per heavy atom. The van der Waals surface area contributed by atoms with Crippen LogP contribution in [-0.2, 0) is 24.3 Å². The smallest absolute Gasteiger partial charge is 0.123 e. The average molecular weight is 346 g/mol. The van der Waals surface area contributed by atoms with Gasteiger partial charge in [-0.2, -0.15) is 0 Å². The van der Waals surface area contributed by atoms with Crippen LogP contribution < -0.4 is 0 Å². The van der Waals surface area contributed by atoms with Gasteiger partial charge in [0.05, 0.1) is 5.03 Å². The van der Waals surface area contributed by atoms with Gasteiger partial charge in [-0.15, -0.1) is 11.8 Å². The lowest BCUT2D eigenvalue weighted by Crippen LogP contribution is -2.18. The third-order valence-corrected chi connectivity index (χ3v) is 5.24. The largest absolute Gasteiger partial charge is 0.507 e. The van der Waals surface area contributed by atoms with Gasteiger partial charge in [0.1, 0.15) is 5.75 Å². The van der Waals surface area contributed by atoms with Gasteiger partial charge in [0.2, 0.25) is 0 Å². The number of hydrogen-bond acceptors (Lipinski definition) is 2. The molecule has 0 aliphatic heterocycles. The van der Waals surface area contributed by atoms with Crippen molar-refractivity contribution >= 4 is 11.8 Å². The number of aryl methyl sites for hydroxylation is 1. The van der Waals surface area contributed by atoms with Gasteiger partial charge in [-0.25, -0.2) is 0 Å². The lowest BCUT2D eigenvalue weighted by atomic mass is 9.78. The van der Waals surface area contributed by atoms with Gasteiger partial charge in [0.25, 0.3) is 0 Å². The van der Waals surface area contributed by atoms with E-state index in [0.717, 1.165) is 17.5 Å². The van der Waals surface area contributed by atoms with E-state index in [9.17, 15) is 5.11 Å². The van der Waals surface area contributed by atoms with Crippen LogP contribution in [0.4, 0.5) is 0 Å². The van der Waals surface area contributed by atoms with Crippen LogP contribution in [0.1, 0.15) is 63.8 Å². The Morgan fingerprint density at radius 2 is 1.42 bits per heavy atom. The summed E-state index contributed by atoms with van der Waals surface area (Å²) in [6, 6.07) is 6.61. The molecule has 0 spiro atoms. The Bertz CT molecular complexity index is 694. The van der Waals surface area contributed by atoms with E-state index >= 15 is 0 Å². The fourth-order valence-electron chi connectivity index (χ4n) is 3.09. The number of benzene rings is 1. The first kappa shape index (κ1) is 19.0. The molecule has 2 aromatic rings. The monoisotopic (exact) mass is 345 g/mol. The van der Waals surface area contributed by atoms with Gasteiger partial charge in [0.15, 0.2) is 0 Å². The zero-order chi connectivity index (χ0) is 18.3. The van der Waals surface area contributed by atoms with Crippen LogP contribution in [0.25, 0.3) is 0 Å². The second-order valence-corrected chi connectivity index (χ2v) is 9.54. The number of phenols is 1. The second kappa shape index (κ2) is 6.51. The van der Waals surface area contributed by atoms with E-state index < -0.39 is 0 Å². The highest BCUT2D eigenvalue weighted by Crippen LogP contribution is 2.40. The molecule has 0 aliphatic rings. The van der Waals surface area contributed by atoms with Gasteiger partial charge in [-0.3, -0.25) is 0 Å². The molecule has 0 unspecified atom stereocenters. The Kier molecular flexibility index (Phi) is 5.15. The van der Waals surface area contributed by atoms with Gasteiger partial charge >= 0.3 is 0 Å². The van der Waals surface area contributed by atoms with Crippen LogP contribution in [0.3, 0.4) is 0 Å². The fraction of sp³-hybridized carbons (Fsp3) is 0.524. The highest BCUT2D eigenvalue weighted by molar-refractivity contribution is 7.98. The molecule has 1 N–H and O–H groups in total. The predicted molar refractivity (Wildman–Crippen MR) is 106 cm³/mol. The van der Waals surface area contributed by atoms with Crippen LogP contribution in [0, 0.1) is 0 Å².